The van der Waals surface area contributed by atoms with E-state index in [-0.39, 0.29) is 30.4 Å². The Morgan fingerprint density at radius 1 is 1.19 bits per heavy atom. The van der Waals surface area contributed by atoms with Crippen LogP contribution in [-0.4, -0.2) is 58.7 Å². The third kappa shape index (κ3) is 3.57. The van der Waals surface area contributed by atoms with E-state index in [1.165, 1.54) is 20.9 Å². The quantitative estimate of drug-likeness (QED) is 0.725. The van der Waals surface area contributed by atoms with E-state index in [1.807, 2.05) is 0 Å². The van der Waals surface area contributed by atoms with Gasteiger partial charge in [0.15, 0.2) is 0 Å². The van der Waals surface area contributed by atoms with Crippen molar-refractivity contribution >= 4 is 17.8 Å². The number of urea groups is 1. The van der Waals surface area contributed by atoms with Gasteiger partial charge in [-0.1, -0.05) is 24.3 Å². The van der Waals surface area contributed by atoms with Crippen molar-refractivity contribution in [1.82, 2.24) is 14.7 Å². The number of aryl methyl sites for hydroxylation is 1. The lowest BCUT2D eigenvalue weighted by Gasteiger charge is -2.36. The van der Waals surface area contributed by atoms with E-state index >= 15 is 0 Å². The summed E-state index contributed by atoms with van der Waals surface area (Å²) in [6, 6.07) is 8.76. The number of hydrogen-bond acceptors (Lipinski definition) is 3. The highest BCUT2D eigenvalue weighted by atomic mass is 16.2. The van der Waals surface area contributed by atoms with Crippen LogP contribution in [0.1, 0.15) is 55.7 Å². The van der Waals surface area contributed by atoms with Crippen molar-refractivity contribution in [3.63, 3.8) is 0 Å². The molecule has 1 heterocycles. The van der Waals surface area contributed by atoms with Gasteiger partial charge in [0.2, 0.25) is 11.8 Å². The number of carbonyl (C=O) groups is 3. The van der Waals surface area contributed by atoms with Crippen LogP contribution in [0.25, 0.3) is 0 Å². The number of carbonyl (C=O) groups excluding carboxylic acids is 3. The van der Waals surface area contributed by atoms with Crippen molar-refractivity contribution in [2.45, 2.75) is 57.0 Å². The fraction of sp³-hybridized carbons (Fsp3) is 0.571. The molecule has 0 spiro atoms. The van der Waals surface area contributed by atoms with Gasteiger partial charge in [-0.2, -0.15) is 0 Å². The minimum absolute atomic E-state index is 0.139. The Balaban J connectivity index is 1.41. The molecular weight excluding hydrogens is 342 g/mol. The zero-order valence-electron chi connectivity index (χ0n) is 15.9. The zero-order chi connectivity index (χ0) is 19.0. The van der Waals surface area contributed by atoms with Crippen molar-refractivity contribution in [3.05, 3.63) is 35.4 Å². The van der Waals surface area contributed by atoms with Gasteiger partial charge in [0, 0.05) is 26.1 Å². The Kier molecular flexibility index (Phi) is 4.89. The van der Waals surface area contributed by atoms with Crippen molar-refractivity contribution < 1.29 is 14.4 Å². The molecule has 1 atom stereocenters. The van der Waals surface area contributed by atoms with E-state index in [1.54, 1.807) is 7.05 Å². The zero-order valence-corrected chi connectivity index (χ0v) is 15.9. The average Bonchev–Trinajstić information content (AvgIpc) is 3.46. The Labute approximate surface area is 160 Å². The maximum absolute atomic E-state index is 13.1. The monoisotopic (exact) mass is 369 g/mol. The van der Waals surface area contributed by atoms with Gasteiger partial charge in [-0.3, -0.25) is 14.5 Å². The predicted octanol–water partition coefficient (Wildman–Crippen LogP) is 2.73. The summed E-state index contributed by atoms with van der Waals surface area (Å²) in [7, 11) is 1.63. The first-order valence-electron chi connectivity index (χ1n) is 10.0. The molecule has 6 heteroatoms. The Morgan fingerprint density at radius 3 is 2.67 bits per heavy atom. The number of amides is 4. The highest BCUT2D eigenvalue weighted by molar-refractivity contribution is 6.01. The maximum Gasteiger partial charge on any atom is 0.326 e. The predicted molar refractivity (Wildman–Crippen MR) is 101 cm³/mol. The highest BCUT2D eigenvalue weighted by Crippen LogP contribution is 2.41. The van der Waals surface area contributed by atoms with E-state index in [0.29, 0.717) is 25.4 Å². The summed E-state index contributed by atoms with van der Waals surface area (Å²) in [6.07, 6.45) is 6.30. The fourth-order valence-electron chi connectivity index (χ4n) is 4.41. The molecule has 1 unspecified atom stereocenters. The number of likely N-dealkylation sites (N-methyl/N-ethyl adjacent to an activating group) is 1. The summed E-state index contributed by atoms with van der Waals surface area (Å²) in [5, 5.41) is 0. The topological polar surface area (TPSA) is 60.9 Å². The second kappa shape index (κ2) is 7.33. The van der Waals surface area contributed by atoms with Crippen LogP contribution in [-0.2, 0) is 16.0 Å². The largest absolute Gasteiger partial charge is 0.333 e. The van der Waals surface area contributed by atoms with Gasteiger partial charge in [-0.25, -0.2) is 4.79 Å². The molecule has 1 saturated carbocycles. The van der Waals surface area contributed by atoms with Crippen LogP contribution in [0, 0.1) is 0 Å². The summed E-state index contributed by atoms with van der Waals surface area (Å²) in [5.74, 6) is -0.0122. The van der Waals surface area contributed by atoms with Crippen molar-refractivity contribution in [2.24, 2.45) is 0 Å². The molecule has 4 amide bonds. The van der Waals surface area contributed by atoms with Gasteiger partial charge in [-0.05, 0) is 49.7 Å². The van der Waals surface area contributed by atoms with Crippen LogP contribution in [0.3, 0.4) is 0 Å². The molecule has 144 valence electrons. The van der Waals surface area contributed by atoms with Gasteiger partial charge < -0.3 is 9.80 Å². The lowest BCUT2D eigenvalue weighted by Crippen LogP contribution is -2.39. The number of rotatable bonds is 6. The Morgan fingerprint density at radius 2 is 1.96 bits per heavy atom. The first-order chi connectivity index (χ1) is 13.1. The van der Waals surface area contributed by atoms with Gasteiger partial charge in [0.05, 0.1) is 6.04 Å². The molecule has 0 radical (unpaired) electrons. The minimum atomic E-state index is -0.257. The first-order valence-corrected chi connectivity index (χ1v) is 10.0. The Bertz CT molecular complexity index is 759. The van der Waals surface area contributed by atoms with Crippen LogP contribution >= 0.6 is 0 Å². The van der Waals surface area contributed by atoms with E-state index in [9.17, 15) is 14.4 Å². The first kappa shape index (κ1) is 18.0. The maximum atomic E-state index is 13.1. The molecule has 0 bridgehead atoms. The molecule has 1 saturated heterocycles. The van der Waals surface area contributed by atoms with Gasteiger partial charge in [-0.15, -0.1) is 0 Å². The second-order valence-electron chi connectivity index (χ2n) is 7.93. The molecule has 1 aliphatic heterocycles. The molecule has 2 fully saturated rings. The summed E-state index contributed by atoms with van der Waals surface area (Å²) in [4.78, 5) is 41.7. The summed E-state index contributed by atoms with van der Waals surface area (Å²) in [6.45, 7) is 0.466. The molecule has 6 nitrogen and oxygen atoms in total. The average molecular weight is 369 g/mol. The number of nitrogens with zero attached hydrogens (tertiary/aromatic N) is 3. The molecule has 1 aromatic carbocycles. The van der Waals surface area contributed by atoms with Gasteiger partial charge in [0.25, 0.3) is 0 Å². The minimum Gasteiger partial charge on any atom is -0.333 e. The van der Waals surface area contributed by atoms with E-state index in [0.717, 1.165) is 32.1 Å². The van der Waals surface area contributed by atoms with E-state index in [4.69, 9.17) is 0 Å². The lowest BCUT2D eigenvalue weighted by molar-refractivity contribution is -0.135. The molecule has 0 aromatic heterocycles. The van der Waals surface area contributed by atoms with Crippen molar-refractivity contribution in [1.29, 1.82) is 0 Å². The third-order valence-electron chi connectivity index (χ3n) is 5.91. The molecular formula is C21H27N3O3. The lowest BCUT2D eigenvalue weighted by atomic mass is 9.86. The summed E-state index contributed by atoms with van der Waals surface area (Å²) < 4.78 is 0. The molecule has 1 aromatic rings. The molecule has 4 rings (SSSR count). The number of benzene rings is 1. The third-order valence-corrected chi connectivity index (χ3v) is 5.91. The molecule has 3 aliphatic rings. The number of hydrogen-bond donors (Lipinski definition) is 0. The van der Waals surface area contributed by atoms with Gasteiger partial charge >= 0.3 is 6.03 Å². The molecule has 27 heavy (non-hydrogen) atoms. The standard InChI is InChI=1S/C21H27N3O3/c1-22-14-20(26)23(21(22)27)13-5-10-19(25)24(16-11-12-16)18-9-4-7-15-6-2-3-8-17(15)18/h2-3,6,8,16,18H,4-5,7,9-14H2,1H3. The van der Waals surface area contributed by atoms with E-state index < -0.39 is 0 Å². The molecule has 0 N–H and O–H groups in total. The van der Waals surface area contributed by atoms with Gasteiger partial charge in [0.1, 0.15) is 6.54 Å². The SMILES string of the molecule is CN1CC(=O)N(CCCC(=O)N(C2CC2)C2CCCc3ccccc32)C1=O. The van der Waals surface area contributed by atoms with Crippen LogP contribution in [0.4, 0.5) is 4.79 Å². The number of imide groups is 1. The molecule has 2 aliphatic carbocycles. The smallest absolute Gasteiger partial charge is 0.326 e. The van der Waals surface area contributed by atoms with Crippen LogP contribution in [0.5, 0.6) is 0 Å². The number of fused-ring (bicyclic) bond motifs is 1. The normalized spacial score (nSPS) is 22.2. The second-order valence-corrected chi connectivity index (χ2v) is 7.93. The fourth-order valence-corrected chi connectivity index (χ4v) is 4.41. The summed E-state index contributed by atoms with van der Waals surface area (Å²) >= 11 is 0. The van der Waals surface area contributed by atoms with E-state index in [2.05, 4.69) is 29.2 Å². The van der Waals surface area contributed by atoms with Crippen molar-refractivity contribution in [3.8, 4) is 0 Å². The van der Waals surface area contributed by atoms with Crippen molar-refractivity contribution in [2.75, 3.05) is 20.1 Å². The van der Waals surface area contributed by atoms with Crippen LogP contribution < -0.4 is 0 Å². The highest BCUT2D eigenvalue weighted by Gasteiger charge is 2.39. The van der Waals surface area contributed by atoms with Crippen LogP contribution in [0.15, 0.2) is 24.3 Å². The Hall–Kier alpha value is -2.37. The summed E-state index contributed by atoms with van der Waals surface area (Å²) in [5.41, 5.74) is 2.67. The van der Waals surface area contributed by atoms with Crippen LogP contribution in [0.2, 0.25) is 0 Å².